The lowest BCUT2D eigenvalue weighted by atomic mass is 10.0. The number of ether oxygens (including phenoxy) is 1. The molecule has 1 atom stereocenters. The standard InChI is InChI=1S/C15H24FNO/c1-11(2)17-10-12(3)5-6-13-7-8-15(18-4)14(16)9-13/h7-9,11-12,17H,5-6,10H2,1-4H3. The summed E-state index contributed by atoms with van der Waals surface area (Å²) >= 11 is 0. The van der Waals surface area contributed by atoms with Gasteiger partial charge in [0.15, 0.2) is 11.6 Å². The Kier molecular flexibility index (Phi) is 6.13. The summed E-state index contributed by atoms with van der Waals surface area (Å²) in [7, 11) is 1.48. The van der Waals surface area contributed by atoms with Gasteiger partial charge >= 0.3 is 0 Å². The number of benzene rings is 1. The van der Waals surface area contributed by atoms with Gasteiger partial charge in [0, 0.05) is 6.04 Å². The van der Waals surface area contributed by atoms with Gasteiger partial charge in [-0.1, -0.05) is 26.8 Å². The van der Waals surface area contributed by atoms with Gasteiger partial charge in [-0.15, -0.1) is 0 Å². The molecule has 1 unspecified atom stereocenters. The summed E-state index contributed by atoms with van der Waals surface area (Å²) in [5.74, 6) is 0.633. The number of halogens is 1. The van der Waals surface area contributed by atoms with E-state index in [2.05, 4.69) is 26.1 Å². The molecule has 102 valence electrons. The van der Waals surface area contributed by atoms with Crippen LogP contribution in [0.2, 0.25) is 0 Å². The van der Waals surface area contributed by atoms with Crippen molar-refractivity contribution in [3.05, 3.63) is 29.6 Å². The second kappa shape index (κ2) is 7.37. The first-order valence-corrected chi connectivity index (χ1v) is 6.58. The summed E-state index contributed by atoms with van der Waals surface area (Å²) in [5.41, 5.74) is 1.03. The molecule has 0 bridgehead atoms. The van der Waals surface area contributed by atoms with Gasteiger partial charge in [0.2, 0.25) is 0 Å². The monoisotopic (exact) mass is 253 g/mol. The van der Waals surface area contributed by atoms with Crippen molar-refractivity contribution in [2.75, 3.05) is 13.7 Å². The second-order valence-electron chi connectivity index (χ2n) is 5.18. The van der Waals surface area contributed by atoms with Crippen molar-refractivity contribution in [3.8, 4) is 5.75 Å². The van der Waals surface area contributed by atoms with E-state index in [1.807, 2.05) is 6.07 Å². The highest BCUT2D eigenvalue weighted by molar-refractivity contribution is 5.29. The van der Waals surface area contributed by atoms with Crippen LogP contribution in [0.3, 0.4) is 0 Å². The molecule has 0 spiro atoms. The highest BCUT2D eigenvalue weighted by atomic mass is 19.1. The molecule has 0 aliphatic heterocycles. The Balaban J connectivity index is 2.41. The molecule has 0 fully saturated rings. The molecule has 0 aliphatic carbocycles. The first-order chi connectivity index (χ1) is 8.52. The SMILES string of the molecule is COc1ccc(CCC(C)CNC(C)C)cc1F. The van der Waals surface area contributed by atoms with E-state index in [9.17, 15) is 4.39 Å². The Morgan fingerprint density at radius 2 is 2.00 bits per heavy atom. The highest BCUT2D eigenvalue weighted by Gasteiger charge is 2.06. The van der Waals surface area contributed by atoms with Gasteiger partial charge < -0.3 is 10.1 Å². The summed E-state index contributed by atoms with van der Waals surface area (Å²) in [4.78, 5) is 0. The van der Waals surface area contributed by atoms with Crippen LogP contribution in [0.15, 0.2) is 18.2 Å². The summed E-state index contributed by atoms with van der Waals surface area (Å²) < 4.78 is 18.4. The van der Waals surface area contributed by atoms with Crippen LogP contribution < -0.4 is 10.1 Å². The third-order valence-electron chi connectivity index (χ3n) is 3.02. The van der Waals surface area contributed by atoms with E-state index in [-0.39, 0.29) is 5.82 Å². The molecular weight excluding hydrogens is 229 g/mol. The van der Waals surface area contributed by atoms with Crippen LogP contribution in [0.4, 0.5) is 4.39 Å². The third-order valence-corrected chi connectivity index (χ3v) is 3.02. The average molecular weight is 253 g/mol. The van der Waals surface area contributed by atoms with Crippen molar-refractivity contribution in [2.24, 2.45) is 5.92 Å². The zero-order chi connectivity index (χ0) is 13.5. The number of aryl methyl sites for hydroxylation is 1. The maximum Gasteiger partial charge on any atom is 0.165 e. The normalized spacial score (nSPS) is 12.8. The lowest BCUT2D eigenvalue weighted by Gasteiger charge is -2.15. The minimum atomic E-state index is -0.275. The molecule has 0 saturated heterocycles. The Labute approximate surface area is 110 Å². The molecule has 0 aromatic heterocycles. The maximum atomic E-state index is 13.5. The molecule has 0 heterocycles. The number of hydrogen-bond acceptors (Lipinski definition) is 2. The van der Waals surface area contributed by atoms with Gasteiger partial charge in [-0.3, -0.25) is 0 Å². The van der Waals surface area contributed by atoms with E-state index in [4.69, 9.17) is 4.74 Å². The zero-order valence-corrected chi connectivity index (χ0v) is 11.8. The van der Waals surface area contributed by atoms with Gasteiger partial charge in [0.1, 0.15) is 0 Å². The number of nitrogens with one attached hydrogen (secondary N) is 1. The van der Waals surface area contributed by atoms with Crippen LogP contribution in [0.5, 0.6) is 5.75 Å². The largest absolute Gasteiger partial charge is 0.494 e. The molecule has 18 heavy (non-hydrogen) atoms. The molecule has 1 aromatic carbocycles. The average Bonchev–Trinajstić information content (AvgIpc) is 2.34. The summed E-state index contributed by atoms with van der Waals surface area (Å²) in [6, 6.07) is 5.72. The summed E-state index contributed by atoms with van der Waals surface area (Å²) in [6.45, 7) is 7.52. The van der Waals surface area contributed by atoms with Crippen molar-refractivity contribution in [2.45, 2.75) is 39.7 Å². The van der Waals surface area contributed by atoms with Crippen molar-refractivity contribution in [3.63, 3.8) is 0 Å². The van der Waals surface area contributed by atoms with Crippen LogP contribution in [-0.4, -0.2) is 19.7 Å². The Bertz CT molecular complexity index is 366. The first-order valence-electron chi connectivity index (χ1n) is 6.58. The molecule has 1 N–H and O–H groups in total. The van der Waals surface area contributed by atoms with E-state index in [0.29, 0.717) is 17.7 Å². The molecule has 0 amide bonds. The van der Waals surface area contributed by atoms with Crippen molar-refractivity contribution in [1.29, 1.82) is 0 Å². The number of hydrogen-bond donors (Lipinski definition) is 1. The van der Waals surface area contributed by atoms with Crippen molar-refractivity contribution < 1.29 is 9.13 Å². The minimum Gasteiger partial charge on any atom is -0.494 e. The first kappa shape index (κ1) is 15.0. The molecule has 0 saturated carbocycles. The fourth-order valence-electron chi connectivity index (χ4n) is 1.82. The lowest BCUT2D eigenvalue weighted by molar-refractivity contribution is 0.386. The quantitative estimate of drug-likeness (QED) is 0.804. The minimum absolute atomic E-state index is 0.275. The summed E-state index contributed by atoms with van der Waals surface area (Å²) in [5, 5.41) is 3.42. The van der Waals surface area contributed by atoms with Crippen molar-refractivity contribution in [1.82, 2.24) is 5.32 Å². The highest BCUT2D eigenvalue weighted by Crippen LogP contribution is 2.19. The fourth-order valence-corrected chi connectivity index (χ4v) is 1.82. The predicted octanol–water partition coefficient (Wildman–Crippen LogP) is 3.40. The maximum absolute atomic E-state index is 13.5. The lowest BCUT2D eigenvalue weighted by Crippen LogP contribution is -2.28. The fraction of sp³-hybridized carbons (Fsp3) is 0.600. The predicted molar refractivity (Wildman–Crippen MR) is 73.6 cm³/mol. The molecular formula is C15H24FNO. The third kappa shape index (κ3) is 5.05. The Hall–Kier alpha value is -1.09. The molecule has 0 aliphatic rings. The van der Waals surface area contributed by atoms with E-state index in [1.54, 1.807) is 12.1 Å². The Morgan fingerprint density at radius 1 is 1.28 bits per heavy atom. The zero-order valence-electron chi connectivity index (χ0n) is 11.8. The topological polar surface area (TPSA) is 21.3 Å². The van der Waals surface area contributed by atoms with Crippen LogP contribution >= 0.6 is 0 Å². The number of methoxy groups -OCH3 is 1. The second-order valence-corrected chi connectivity index (χ2v) is 5.18. The summed E-state index contributed by atoms with van der Waals surface area (Å²) in [6.07, 6.45) is 1.97. The van der Waals surface area contributed by atoms with Gasteiger partial charge in [-0.05, 0) is 43.0 Å². The molecule has 3 heteroatoms. The number of rotatable bonds is 7. The van der Waals surface area contributed by atoms with E-state index in [0.717, 1.165) is 24.9 Å². The van der Waals surface area contributed by atoms with Crippen molar-refractivity contribution >= 4 is 0 Å². The molecule has 2 nitrogen and oxygen atoms in total. The van der Waals surface area contributed by atoms with Crippen LogP contribution in [-0.2, 0) is 6.42 Å². The van der Waals surface area contributed by atoms with Crippen LogP contribution in [0.25, 0.3) is 0 Å². The van der Waals surface area contributed by atoms with Crippen LogP contribution in [0, 0.1) is 11.7 Å². The molecule has 1 rings (SSSR count). The molecule has 1 aromatic rings. The smallest absolute Gasteiger partial charge is 0.165 e. The Morgan fingerprint density at radius 3 is 2.56 bits per heavy atom. The van der Waals surface area contributed by atoms with Gasteiger partial charge in [0.05, 0.1) is 7.11 Å². The van der Waals surface area contributed by atoms with E-state index in [1.165, 1.54) is 7.11 Å². The van der Waals surface area contributed by atoms with Crippen LogP contribution in [0.1, 0.15) is 32.8 Å². The van der Waals surface area contributed by atoms with Gasteiger partial charge in [-0.25, -0.2) is 4.39 Å². The van der Waals surface area contributed by atoms with E-state index >= 15 is 0 Å². The van der Waals surface area contributed by atoms with Gasteiger partial charge in [-0.2, -0.15) is 0 Å². The van der Waals surface area contributed by atoms with Gasteiger partial charge in [0.25, 0.3) is 0 Å². The molecule has 0 radical (unpaired) electrons. The van der Waals surface area contributed by atoms with E-state index < -0.39 is 0 Å².